The minimum absolute atomic E-state index is 0.0770. The van der Waals surface area contributed by atoms with Crippen molar-refractivity contribution in [3.05, 3.63) is 63.3 Å². The zero-order valence-electron chi connectivity index (χ0n) is 14.0. The van der Waals surface area contributed by atoms with E-state index in [1.165, 1.54) is 16.7 Å². The maximum absolute atomic E-state index is 12.4. The Balaban J connectivity index is 1.79. The first kappa shape index (κ1) is 18.0. The van der Waals surface area contributed by atoms with Gasteiger partial charge in [0.2, 0.25) is 5.91 Å². The van der Waals surface area contributed by atoms with Crippen LogP contribution < -0.4 is 0 Å². The predicted octanol–water partition coefficient (Wildman–Crippen LogP) is 2.95. The lowest BCUT2D eigenvalue weighted by Crippen LogP contribution is -2.59. The van der Waals surface area contributed by atoms with Crippen molar-refractivity contribution in [3.63, 3.8) is 0 Å². The minimum atomic E-state index is -1.09. The van der Waals surface area contributed by atoms with Crippen molar-refractivity contribution in [2.45, 2.75) is 18.7 Å². The van der Waals surface area contributed by atoms with Gasteiger partial charge in [0.25, 0.3) is 0 Å². The smallest absolute Gasteiger partial charge is 0.353 e. The van der Waals surface area contributed by atoms with Crippen molar-refractivity contribution >= 4 is 23.6 Å². The van der Waals surface area contributed by atoms with E-state index in [0.29, 0.717) is 10.7 Å². The lowest BCUT2D eigenvalue weighted by atomic mass is 9.82. The number of pyridine rings is 1. The fraction of sp³-hybridized carbons (Fsp3) is 0.353. The average molecular weight is 371 g/mol. The van der Waals surface area contributed by atoms with E-state index in [1.807, 2.05) is 25.1 Å². The number of β-lactam (4-membered cyclic amide) rings is 1. The molecule has 1 fully saturated rings. The Morgan fingerprint density at radius 3 is 3.00 bits per heavy atom. The molecule has 0 aromatic carbocycles. The fourth-order valence-electron chi connectivity index (χ4n) is 3.35. The largest absolute Gasteiger partial charge is 0.477 e. The highest BCUT2D eigenvalue weighted by Gasteiger charge is 2.57. The van der Waals surface area contributed by atoms with Crippen LogP contribution in [-0.2, 0) is 15.3 Å². The van der Waals surface area contributed by atoms with Crippen LogP contribution in [-0.4, -0.2) is 39.5 Å². The normalized spacial score (nSPS) is 24.4. The zero-order chi connectivity index (χ0) is 18.7. The molecule has 0 bridgehead atoms. The van der Waals surface area contributed by atoms with Gasteiger partial charge in [-0.2, -0.15) is 0 Å². The Kier molecular flexibility index (Phi) is 5.29. The number of carboxylic acids is 1. The van der Waals surface area contributed by atoms with E-state index < -0.39 is 5.97 Å². The summed E-state index contributed by atoms with van der Waals surface area (Å²) in [5, 5.41) is 13.0. The molecular weight excluding hydrogens is 354 g/mol. The van der Waals surface area contributed by atoms with Crippen LogP contribution in [0.1, 0.15) is 12.6 Å². The van der Waals surface area contributed by atoms with E-state index in [0.717, 1.165) is 5.69 Å². The molecule has 1 saturated heterocycles. The number of nitrogens with zero attached hydrogens (tertiary/aromatic N) is 5. The van der Waals surface area contributed by atoms with Crippen LogP contribution >= 0.6 is 11.8 Å². The Labute approximate surface area is 154 Å². The molecule has 3 rings (SSSR count). The summed E-state index contributed by atoms with van der Waals surface area (Å²) in [7, 11) is 0. The molecule has 1 amide bonds. The molecule has 26 heavy (non-hydrogen) atoms. The summed E-state index contributed by atoms with van der Waals surface area (Å²) < 4.78 is 0. The fourth-order valence-corrected chi connectivity index (χ4v) is 4.54. The van der Waals surface area contributed by atoms with E-state index in [-0.39, 0.29) is 36.0 Å². The van der Waals surface area contributed by atoms with Gasteiger partial charge in [-0.25, -0.2) is 4.79 Å². The van der Waals surface area contributed by atoms with Gasteiger partial charge in [0.05, 0.1) is 17.7 Å². The third-order valence-corrected chi connectivity index (χ3v) is 5.80. The maximum atomic E-state index is 12.4. The SMILES string of the molecule is C[C@H]1C(SCc2ccccn2)=C(C(=O)O)N2C(=O)[C@H](/C=C/CN=[N+]=[N-])[C@@H]12. The molecule has 1 aromatic rings. The number of hydrogen-bond acceptors (Lipinski definition) is 5. The predicted molar refractivity (Wildman–Crippen MR) is 96.6 cm³/mol. The van der Waals surface area contributed by atoms with Gasteiger partial charge in [-0.3, -0.25) is 14.7 Å². The van der Waals surface area contributed by atoms with E-state index in [2.05, 4.69) is 15.0 Å². The quantitative estimate of drug-likeness (QED) is 0.260. The lowest BCUT2D eigenvalue weighted by molar-refractivity contribution is -0.153. The highest BCUT2D eigenvalue weighted by molar-refractivity contribution is 8.02. The second-order valence-electron chi connectivity index (χ2n) is 5.98. The van der Waals surface area contributed by atoms with Crippen LogP contribution in [0.25, 0.3) is 10.4 Å². The molecule has 0 spiro atoms. The number of thioether (sulfide) groups is 1. The molecule has 0 saturated carbocycles. The Hall–Kier alpha value is -2.77. The lowest BCUT2D eigenvalue weighted by Gasteiger charge is -2.43. The van der Waals surface area contributed by atoms with Crippen LogP contribution in [0.2, 0.25) is 0 Å². The van der Waals surface area contributed by atoms with Crippen molar-refractivity contribution in [1.29, 1.82) is 0 Å². The zero-order valence-corrected chi connectivity index (χ0v) is 14.8. The second-order valence-corrected chi connectivity index (χ2v) is 7.00. The summed E-state index contributed by atoms with van der Waals surface area (Å²) >= 11 is 1.42. The van der Waals surface area contributed by atoms with Gasteiger partial charge in [-0.05, 0) is 17.7 Å². The van der Waals surface area contributed by atoms with Gasteiger partial charge in [0.1, 0.15) is 5.70 Å². The topological polar surface area (TPSA) is 119 Å². The molecule has 134 valence electrons. The van der Waals surface area contributed by atoms with Crippen LogP contribution in [0.5, 0.6) is 0 Å². The van der Waals surface area contributed by atoms with E-state index in [9.17, 15) is 14.7 Å². The van der Waals surface area contributed by atoms with Gasteiger partial charge < -0.3 is 5.11 Å². The van der Waals surface area contributed by atoms with Crippen LogP contribution in [0.3, 0.4) is 0 Å². The number of azide groups is 1. The van der Waals surface area contributed by atoms with Crippen LogP contribution in [0.15, 0.2) is 52.3 Å². The van der Waals surface area contributed by atoms with Crippen molar-refractivity contribution in [3.8, 4) is 0 Å². The molecule has 1 aromatic heterocycles. The second kappa shape index (κ2) is 7.63. The molecule has 9 heteroatoms. The van der Waals surface area contributed by atoms with Crippen molar-refractivity contribution < 1.29 is 14.7 Å². The monoisotopic (exact) mass is 371 g/mol. The van der Waals surface area contributed by atoms with Crippen LogP contribution in [0, 0.1) is 11.8 Å². The van der Waals surface area contributed by atoms with Crippen molar-refractivity contribution in [1.82, 2.24) is 9.88 Å². The molecular formula is C17H17N5O3S. The van der Waals surface area contributed by atoms with Gasteiger partial charge in [0, 0.05) is 34.2 Å². The highest BCUT2D eigenvalue weighted by Crippen LogP contribution is 2.50. The molecule has 3 atom stereocenters. The van der Waals surface area contributed by atoms with E-state index in [4.69, 9.17) is 5.53 Å². The standard InChI is InChI=1S/C17H17N5O3S/c1-10-13-12(6-4-8-20-21-18)16(23)22(13)14(17(24)25)15(10)26-9-11-5-2-3-7-19-11/h2-7,10,12-13H,8-9H2,1H3,(H,24,25)/b6-4+/t10-,12-,13-/m1/s1. The number of fused-ring (bicyclic) bond motifs is 1. The van der Waals surface area contributed by atoms with Crippen molar-refractivity contribution in [2.24, 2.45) is 17.0 Å². The first-order valence-corrected chi connectivity index (χ1v) is 9.05. The molecule has 0 unspecified atom stereocenters. The summed E-state index contributed by atoms with van der Waals surface area (Å²) in [6.07, 6.45) is 5.05. The molecule has 0 radical (unpaired) electrons. The molecule has 2 aliphatic rings. The first-order valence-electron chi connectivity index (χ1n) is 8.07. The molecule has 3 heterocycles. The molecule has 1 N–H and O–H groups in total. The number of aliphatic carboxylic acids is 1. The number of rotatable bonds is 7. The number of carbonyl (C=O) groups is 2. The van der Waals surface area contributed by atoms with Crippen LogP contribution in [0.4, 0.5) is 0 Å². The number of hydrogen-bond donors (Lipinski definition) is 1. The average Bonchev–Trinajstić information content (AvgIpc) is 2.90. The first-order chi connectivity index (χ1) is 12.6. The minimum Gasteiger partial charge on any atom is -0.477 e. The third-order valence-electron chi connectivity index (χ3n) is 4.49. The number of carboxylic acid groups (broad SMARTS) is 1. The third kappa shape index (κ3) is 3.18. The molecule has 0 aliphatic carbocycles. The van der Waals surface area contributed by atoms with Gasteiger partial charge in [-0.15, -0.1) is 11.8 Å². The Morgan fingerprint density at radius 1 is 1.54 bits per heavy atom. The summed E-state index contributed by atoms with van der Waals surface area (Å²) in [4.78, 5) is 33.2. The van der Waals surface area contributed by atoms with E-state index in [1.54, 1.807) is 18.3 Å². The summed E-state index contributed by atoms with van der Waals surface area (Å²) in [6.45, 7) is 2.11. The summed E-state index contributed by atoms with van der Waals surface area (Å²) in [5.41, 5.74) is 9.23. The van der Waals surface area contributed by atoms with Gasteiger partial charge in [-0.1, -0.05) is 30.3 Å². The highest BCUT2D eigenvalue weighted by atomic mass is 32.2. The number of aromatic nitrogens is 1. The molecule has 8 nitrogen and oxygen atoms in total. The Morgan fingerprint density at radius 2 is 2.35 bits per heavy atom. The maximum Gasteiger partial charge on any atom is 0.353 e. The summed E-state index contributed by atoms with van der Waals surface area (Å²) in [6, 6.07) is 5.39. The summed E-state index contributed by atoms with van der Waals surface area (Å²) in [5.74, 6) is -1.25. The van der Waals surface area contributed by atoms with Gasteiger partial charge in [0.15, 0.2) is 0 Å². The van der Waals surface area contributed by atoms with Gasteiger partial charge >= 0.3 is 5.97 Å². The number of carbonyl (C=O) groups excluding carboxylic acids is 1. The number of amides is 1. The molecule has 2 aliphatic heterocycles. The Bertz CT molecular complexity index is 832. The van der Waals surface area contributed by atoms with Crippen molar-refractivity contribution in [2.75, 3.05) is 6.54 Å². The van der Waals surface area contributed by atoms with E-state index >= 15 is 0 Å².